The highest BCUT2D eigenvalue weighted by Gasteiger charge is 2.32. The summed E-state index contributed by atoms with van der Waals surface area (Å²) in [6, 6.07) is 4.09. The molecule has 0 bridgehead atoms. The van der Waals surface area contributed by atoms with Crippen molar-refractivity contribution in [3.05, 3.63) is 29.6 Å². The molecule has 0 atom stereocenters. The van der Waals surface area contributed by atoms with Gasteiger partial charge in [-0.3, -0.25) is 4.79 Å². The lowest BCUT2D eigenvalue weighted by Crippen LogP contribution is -2.32. The molecule has 1 aliphatic heterocycles. The number of aromatic amines is 1. The molecule has 21 heavy (non-hydrogen) atoms. The molecule has 3 rings (SSSR count). The summed E-state index contributed by atoms with van der Waals surface area (Å²) in [5, 5.41) is 2.96. The summed E-state index contributed by atoms with van der Waals surface area (Å²) in [7, 11) is 0. The molecule has 4 nitrogen and oxygen atoms in total. The molecule has 1 aromatic heterocycles. The number of unbranched alkanes of at least 4 members (excludes halogenated alkanes) is 1. The predicted molar refractivity (Wildman–Crippen MR) is 86.3 cm³/mol. The molecule has 4 heteroatoms. The lowest BCUT2D eigenvalue weighted by atomic mass is 9.78. The predicted octanol–water partition coefficient (Wildman–Crippen LogP) is 4.00. The zero-order valence-corrected chi connectivity index (χ0v) is 12.8. The van der Waals surface area contributed by atoms with E-state index in [2.05, 4.69) is 48.2 Å². The zero-order valence-electron chi connectivity index (χ0n) is 12.8. The summed E-state index contributed by atoms with van der Waals surface area (Å²) in [4.78, 5) is 19.7. The smallest absolute Gasteiger partial charge is 0.225 e. The average molecular weight is 283 g/mol. The van der Waals surface area contributed by atoms with Gasteiger partial charge in [0.1, 0.15) is 5.82 Å². The van der Waals surface area contributed by atoms with Crippen LogP contribution in [-0.4, -0.2) is 15.9 Å². The van der Waals surface area contributed by atoms with Gasteiger partial charge in [0.25, 0.3) is 0 Å². The first-order chi connectivity index (χ1) is 9.99. The van der Waals surface area contributed by atoms with Crippen molar-refractivity contribution in [2.45, 2.75) is 45.4 Å². The highest BCUT2D eigenvalue weighted by Crippen LogP contribution is 2.38. The zero-order chi connectivity index (χ0) is 15.0. The summed E-state index contributed by atoms with van der Waals surface area (Å²) in [6.07, 6.45) is 6.85. The first kappa shape index (κ1) is 13.9. The highest BCUT2D eigenvalue weighted by molar-refractivity contribution is 5.98. The van der Waals surface area contributed by atoms with E-state index in [1.54, 1.807) is 0 Å². The third-order valence-corrected chi connectivity index (χ3v) is 3.98. The van der Waals surface area contributed by atoms with Gasteiger partial charge < -0.3 is 10.3 Å². The van der Waals surface area contributed by atoms with Crippen molar-refractivity contribution in [2.24, 2.45) is 0 Å². The van der Waals surface area contributed by atoms with E-state index in [0.29, 0.717) is 6.42 Å². The number of nitrogens with one attached hydrogen (secondary N) is 2. The second kappa shape index (κ2) is 5.02. The van der Waals surface area contributed by atoms with Crippen LogP contribution in [0.4, 0.5) is 5.69 Å². The number of hydrogen-bond donors (Lipinski definition) is 2. The number of rotatable bonds is 3. The van der Waals surface area contributed by atoms with Gasteiger partial charge in [-0.2, -0.15) is 0 Å². The molecule has 0 unspecified atom stereocenters. The number of aromatic nitrogens is 2. The number of nitrogens with zero attached hydrogens (tertiary/aromatic N) is 1. The Morgan fingerprint density at radius 2 is 2.19 bits per heavy atom. The molecule has 110 valence electrons. The summed E-state index contributed by atoms with van der Waals surface area (Å²) in [5.74, 6) is 0.940. The third kappa shape index (κ3) is 2.58. The summed E-state index contributed by atoms with van der Waals surface area (Å²) >= 11 is 0. The van der Waals surface area contributed by atoms with Crippen molar-refractivity contribution in [3.8, 4) is 0 Å². The van der Waals surface area contributed by atoms with Crippen molar-refractivity contribution in [1.82, 2.24) is 9.97 Å². The van der Waals surface area contributed by atoms with Crippen LogP contribution >= 0.6 is 0 Å². The van der Waals surface area contributed by atoms with Gasteiger partial charge >= 0.3 is 0 Å². The lowest BCUT2D eigenvalue weighted by molar-refractivity contribution is -0.117. The Balaban J connectivity index is 2.05. The first-order valence-corrected chi connectivity index (χ1v) is 7.50. The van der Waals surface area contributed by atoms with Crippen LogP contribution in [0.15, 0.2) is 18.2 Å². The van der Waals surface area contributed by atoms with Crippen LogP contribution in [0.2, 0.25) is 0 Å². The van der Waals surface area contributed by atoms with Crippen molar-refractivity contribution in [2.75, 3.05) is 5.32 Å². The van der Waals surface area contributed by atoms with Gasteiger partial charge in [-0.25, -0.2) is 4.98 Å². The fourth-order valence-corrected chi connectivity index (χ4v) is 2.87. The molecule has 0 saturated carbocycles. The molecule has 2 N–H and O–H groups in total. The lowest BCUT2D eigenvalue weighted by Gasteiger charge is -2.31. The molecule has 0 saturated heterocycles. The van der Waals surface area contributed by atoms with Crippen molar-refractivity contribution in [3.63, 3.8) is 0 Å². The maximum Gasteiger partial charge on any atom is 0.225 e. The molecule has 0 radical (unpaired) electrons. The minimum absolute atomic E-state index is 0.0745. The monoisotopic (exact) mass is 283 g/mol. The van der Waals surface area contributed by atoms with Gasteiger partial charge in [0.05, 0.1) is 11.0 Å². The Kier molecular flexibility index (Phi) is 3.32. The van der Waals surface area contributed by atoms with Crippen LogP contribution in [-0.2, 0) is 10.2 Å². The number of carbonyl (C=O) groups is 1. The molecule has 0 spiro atoms. The Morgan fingerprint density at radius 3 is 2.95 bits per heavy atom. The molecule has 2 heterocycles. The number of carbonyl (C=O) groups excluding carboxylic acids is 1. The van der Waals surface area contributed by atoms with E-state index >= 15 is 0 Å². The first-order valence-electron chi connectivity index (χ1n) is 7.50. The van der Waals surface area contributed by atoms with E-state index in [1.807, 2.05) is 12.1 Å². The molecule has 1 aliphatic rings. The van der Waals surface area contributed by atoms with Gasteiger partial charge in [0, 0.05) is 17.5 Å². The van der Waals surface area contributed by atoms with Crippen LogP contribution in [0.1, 0.15) is 51.4 Å². The highest BCUT2D eigenvalue weighted by atomic mass is 16.1. The van der Waals surface area contributed by atoms with Crippen molar-refractivity contribution < 1.29 is 4.79 Å². The standard InChI is InChI=1S/C17H21N3O/c1-4-5-6-7-15-18-13-8-11-12(9-14(13)19-15)20-16(21)10-17(11,2)3/h6-9H,4-5,10H2,1-3H3,(H,18,19)(H,20,21)/b7-6+. The second-order valence-corrected chi connectivity index (χ2v) is 6.34. The number of hydrogen-bond acceptors (Lipinski definition) is 2. The fourth-order valence-electron chi connectivity index (χ4n) is 2.87. The molecule has 0 fully saturated rings. The quantitative estimate of drug-likeness (QED) is 0.894. The molecule has 1 aromatic carbocycles. The largest absolute Gasteiger partial charge is 0.338 e. The SMILES string of the molecule is CCC/C=C/c1nc2cc3c(cc2[nH]1)C(C)(C)CC(=O)N3. The van der Waals surface area contributed by atoms with E-state index in [0.717, 1.165) is 35.4 Å². The fraction of sp³-hybridized carbons (Fsp3) is 0.412. The summed E-state index contributed by atoms with van der Waals surface area (Å²) < 4.78 is 0. The van der Waals surface area contributed by atoms with Gasteiger partial charge in [0.2, 0.25) is 5.91 Å². The minimum Gasteiger partial charge on any atom is -0.338 e. The van der Waals surface area contributed by atoms with E-state index in [1.165, 1.54) is 5.56 Å². The molecule has 2 aromatic rings. The van der Waals surface area contributed by atoms with E-state index < -0.39 is 0 Å². The average Bonchev–Trinajstić information content (AvgIpc) is 2.78. The van der Waals surface area contributed by atoms with Crippen LogP contribution in [0.25, 0.3) is 17.1 Å². The Bertz CT molecular complexity index is 725. The number of fused-ring (bicyclic) bond motifs is 2. The van der Waals surface area contributed by atoms with Gasteiger partial charge in [-0.15, -0.1) is 0 Å². The normalized spacial score (nSPS) is 17.2. The number of H-pyrrole nitrogens is 1. The maximum absolute atomic E-state index is 11.8. The van der Waals surface area contributed by atoms with Gasteiger partial charge in [0.15, 0.2) is 0 Å². The van der Waals surface area contributed by atoms with Crippen LogP contribution < -0.4 is 5.32 Å². The van der Waals surface area contributed by atoms with Crippen LogP contribution in [0, 0.1) is 0 Å². The third-order valence-electron chi connectivity index (χ3n) is 3.98. The van der Waals surface area contributed by atoms with Gasteiger partial charge in [-0.05, 0) is 30.2 Å². The van der Waals surface area contributed by atoms with Crippen molar-refractivity contribution >= 4 is 28.7 Å². The maximum atomic E-state index is 11.8. The molecular weight excluding hydrogens is 262 g/mol. The number of allylic oxidation sites excluding steroid dienone is 1. The van der Waals surface area contributed by atoms with Crippen molar-refractivity contribution in [1.29, 1.82) is 0 Å². The Hall–Kier alpha value is -2.10. The topological polar surface area (TPSA) is 57.8 Å². The molecule has 0 aliphatic carbocycles. The van der Waals surface area contributed by atoms with Crippen LogP contribution in [0.3, 0.4) is 0 Å². The number of amides is 1. The summed E-state index contributed by atoms with van der Waals surface area (Å²) in [6.45, 7) is 6.37. The number of imidazole rings is 1. The van der Waals surface area contributed by atoms with Gasteiger partial charge in [-0.1, -0.05) is 33.3 Å². The van der Waals surface area contributed by atoms with E-state index in [4.69, 9.17) is 0 Å². The van der Waals surface area contributed by atoms with E-state index in [-0.39, 0.29) is 11.3 Å². The molecule has 1 amide bonds. The number of anilines is 1. The Labute approximate surface area is 124 Å². The molecular formula is C17H21N3O. The van der Waals surface area contributed by atoms with Crippen LogP contribution in [0.5, 0.6) is 0 Å². The Morgan fingerprint density at radius 1 is 1.38 bits per heavy atom. The second-order valence-electron chi connectivity index (χ2n) is 6.34. The number of benzene rings is 1. The summed E-state index contributed by atoms with van der Waals surface area (Å²) in [5.41, 5.74) is 3.83. The minimum atomic E-state index is -0.144. The van der Waals surface area contributed by atoms with E-state index in [9.17, 15) is 4.79 Å².